The van der Waals surface area contributed by atoms with Crippen LogP contribution in [0, 0.1) is 5.92 Å². The van der Waals surface area contributed by atoms with Gasteiger partial charge in [-0.3, -0.25) is 0 Å². The Bertz CT molecular complexity index is 259. The molecule has 1 aromatic heterocycles. The Morgan fingerprint density at radius 2 is 2.00 bits per heavy atom. The lowest BCUT2D eigenvalue weighted by Crippen LogP contribution is -2.28. The molecule has 1 aromatic rings. The smallest absolute Gasteiger partial charge is 0.114 e. The highest BCUT2D eigenvalue weighted by Gasteiger charge is 2.28. The number of hydrogen-bond donors (Lipinski definition) is 0. The first-order valence-electron chi connectivity index (χ1n) is 4.44. The fourth-order valence-electron chi connectivity index (χ4n) is 1.24. The van der Waals surface area contributed by atoms with Crippen LogP contribution in [-0.4, -0.2) is 9.55 Å². The summed E-state index contributed by atoms with van der Waals surface area (Å²) in [4.78, 5) is 4.37. The van der Waals surface area contributed by atoms with Crippen LogP contribution in [0.5, 0.6) is 0 Å². The van der Waals surface area contributed by atoms with E-state index in [1.165, 1.54) is 0 Å². The van der Waals surface area contributed by atoms with Gasteiger partial charge in [0.2, 0.25) is 0 Å². The van der Waals surface area contributed by atoms with Crippen molar-refractivity contribution in [3.8, 4) is 0 Å². The third-order valence-corrected chi connectivity index (χ3v) is 2.84. The minimum absolute atomic E-state index is 0.165. The highest BCUT2D eigenvalue weighted by atomic mass is 15.0. The summed E-state index contributed by atoms with van der Waals surface area (Å²) >= 11 is 0. The maximum atomic E-state index is 4.37. The molecule has 68 valence electrons. The van der Waals surface area contributed by atoms with Crippen LogP contribution in [0.15, 0.2) is 12.4 Å². The third kappa shape index (κ3) is 1.38. The van der Waals surface area contributed by atoms with Gasteiger partial charge in [0.05, 0.1) is 0 Å². The van der Waals surface area contributed by atoms with Crippen LogP contribution < -0.4 is 0 Å². The molecule has 1 rings (SSSR count). The molecule has 2 heteroatoms. The molecule has 0 spiro atoms. The Balaban J connectivity index is 3.05. The molecule has 2 nitrogen and oxygen atoms in total. The van der Waals surface area contributed by atoms with Gasteiger partial charge in [-0.15, -0.1) is 0 Å². The van der Waals surface area contributed by atoms with E-state index in [-0.39, 0.29) is 5.41 Å². The van der Waals surface area contributed by atoms with E-state index >= 15 is 0 Å². The predicted molar refractivity (Wildman–Crippen MR) is 51.1 cm³/mol. The van der Waals surface area contributed by atoms with Gasteiger partial charge in [0.15, 0.2) is 0 Å². The van der Waals surface area contributed by atoms with E-state index in [1.807, 2.05) is 19.4 Å². The van der Waals surface area contributed by atoms with Gasteiger partial charge in [0.1, 0.15) is 5.82 Å². The Hall–Kier alpha value is -0.790. The first-order chi connectivity index (χ1) is 5.46. The van der Waals surface area contributed by atoms with Crippen molar-refractivity contribution in [1.82, 2.24) is 9.55 Å². The minimum Gasteiger partial charge on any atom is -0.338 e. The van der Waals surface area contributed by atoms with Gasteiger partial charge >= 0.3 is 0 Å². The maximum Gasteiger partial charge on any atom is 0.114 e. The number of nitrogens with zero attached hydrogens (tertiary/aromatic N) is 2. The molecule has 1 heterocycles. The van der Waals surface area contributed by atoms with E-state index in [0.29, 0.717) is 5.92 Å². The summed E-state index contributed by atoms with van der Waals surface area (Å²) in [5.74, 6) is 1.77. The molecule has 0 aliphatic heterocycles. The second-order valence-corrected chi connectivity index (χ2v) is 4.24. The van der Waals surface area contributed by atoms with Crippen molar-refractivity contribution in [1.29, 1.82) is 0 Å². The monoisotopic (exact) mass is 166 g/mol. The van der Waals surface area contributed by atoms with Crippen molar-refractivity contribution in [3.63, 3.8) is 0 Å². The number of rotatable bonds is 2. The molecule has 0 aliphatic rings. The molecule has 0 N–H and O–H groups in total. The lowest BCUT2D eigenvalue weighted by molar-refractivity contribution is 0.343. The Kier molecular flexibility index (Phi) is 2.27. The first-order valence-corrected chi connectivity index (χ1v) is 4.44. The minimum atomic E-state index is 0.165. The molecule has 0 radical (unpaired) electrons. The van der Waals surface area contributed by atoms with Gasteiger partial charge in [0, 0.05) is 24.9 Å². The normalized spacial score (nSPS) is 12.5. The largest absolute Gasteiger partial charge is 0.338 e. The van der Waals surface area contributed by atoms with Gasteiger partial charge in [-0.1, -0.05) is 27.7 Å². The van der Waals surface area contributed by atoms with Crippen LogP contribution in [0.3, 0.4) is 0 Å². The topological polar surface area (TPSA) is 17.8 Å². The fourth-order valence-corrected chi connectivity index (χ4v) is 1.24. The second kappa shape index (κ2) is 2.92. The van der Waals surface area contributed by atoms with Gasteiger partial charge in [0.25, 0.3) is 0 Å². The molecule has 0 fully saturated rings. The standard InChI is InChI=1S/C10H18N2/c1-8(2)10(3,4)9-11-6-7-12(9)5/h6-8H,1-5H3. The molecule has 0 aliphatic carbocycles. The lowest BCUT2D eigenvalue weighted by atomic mass is 9.80. The molecule has 0 atom stereocenters. The van der Waals surface area contributed by atoms with Gasteiger partial charge in [-0.05, 0) is 5.92 Å². The molecule has 0 amide bonds. The van der Waals surface area contributed by atoms with Crippen LogP contribution in [0.1, 0.15) is 33.5 Å². The molecular formula is C10H18N2. The number of hydrogen-bond acceptors (Lipinski definition) is 1. The summed E-state index contributed by atoms with van der Waals surface area (Å²) in [6, 6.07) is 0. The number of aromatic nitrogens is 2. The van der Waals surface area contributed by atoms with E-state index in [2.05, 4.69) is 37.2 Å². The zero-order valence-electron chi connectivity index (χ0n) is 8.63. The van der Waals surface area contributed by atoms with E-state index in [0.717, 1.165) is 5.82 Å². The molecule has 0 aromatic carbocycles. The molecule has 12 heavy (non-hydrogen) atoms. The molecule has 0 unspecified atom stereocenters. The highest BCUT2D eigenvalue weighted by molar-refractivity contribution is 5.07. The van der Waals surface area contributed by atoms with E-state index in [4.69, 9.17) is 0 Å². The summed E-state index contributed by atoms with van der Waals surface area (Å²) in [6.07, 6.45) is 3.86. The summed E-state index contributed by atoms with van der Waals surface area (Å²) in [5, 5.41) is 0. The molecular weight excluding hydrogens is 148 g/mol. The van der Waals surface area contributed by atoms with Crippen molar-refractivity contribution >= 4 is 0 Å². The average Bonchev–Trinajstić information content (AvgIpc) is 2.35. The number of aryl methyl sites for hydroxylation is 1. The van der Waals surface area contributed by atoms with Gasteiger partial charge in [-0.25, -0.2) is 4.98 Å². The Morgan fingerprint density at radius 3 is 2.33 bits per heavy atom. The summed E-state index contributed by atoms with van der Waals surface area (Å²) < 4.78 is 2.10. The quantitative estimate of drug-likeness (QED) is 0.659. The van der Waals surface area contributed by atoms with Crippen molar-refractivity contribution in [3.05, 3.63) is 18.2 Å². The summed E-state index contributed by atoms with van der Waals surface area (Å²) in [6.45, 7) is 8.93. The van der Waals surface area contributed by atoms with Crippen molar-refractivity contribution < 1.29 is 0 Å². The summed E-state index contributed by atoms with van der Waals surface area (Å²) in [5.41, 5.74) is 0.165. The average molecular weight is 166 g/mol. The first kappa shape index (κ1) is 9.30. The van der Waals surface area contributed by atoms with Crippen molar-refractivity contribution in [2.45, 2.75) is 33.1 Å². The number of imidazole rings is 1. The van der Waals surface area contributed by atoms with Crippen LogP contribution in [0.4, 0.5) is 0 Å². The van der Waals surface area contributed by atoms with Crippen LogP contribution in [0.25, 0.3) is 0 Å². The molecule has 0 saturated carbocycles. The fraction of sp³-hybridized carbons (Fsp3) is 0.700. The lowest BCUT2D eigenvalue weighted by Gasteiger charge is -2.28. The molecule has 0 bridgehead atoms. The predicted octanol–water partition coefficient (Wildman–Crippen LogP) is 2.35. The van der Waals surface area contributed by atoms with Crippen molar-refractivity contribution in [2.75, 3.05) is 0 Å². The van der Waals surface area contributed by atoms with E-state index in [9.17, 15) is 0 Å². The Morgan fingerprint density at radius 1 is 1.42 bits per heavy atom. The third-order valence-electron chi connectivity index (χ3n) is 2.84. The van der Waals surface area contributed by atoms with Gasteiger partial charge < -0.3 is 4.57 Å². The summed E-state index contributed by atoms with van der Waals surface area (Å²) in [7, 11) is 2.05. The van der Waals surface area contributed by atoms with E-state index < -0.39 is 0 Å². The van der Waals surface area contributed by atoms with Gasteiger partial charge in [-0.2, -0.15) is 0 Å². The zero-order chi connectivity index (χ0) is 9.35. The molecule has 0 saturated heterocycles. The maximum absolute atomic E-state index is 4.37. The van der Waals surface area contributed by atoms with Crippen molar-refractivity contribution in [2.24, 2.45) is 13.0 Å². The van der Waals surface area contributed by atoms with Crippen LogP contribution in [-0.2, 0) is 12.5 Å². The van der Waals surface area contributed by atoms with E-state index in [1.54, 1.807) is 0 Å². The second-order valence-electron chi connectivity index (χ2n) is 4.24. The highest BCUT2D eigenvalue weighted by Crippen LogP contribution is 2.29. The zero-order valence-corrected chi connectivity index (χ0v) is 8.63. The van der Waals surface area contributed by atoms with Crippen LogP contribution >= 0.6 is 0 Å². The SMILES string of the molecule is CC(C)C(C)(C)c1nccn1C. The van der Waals surface area contributed by atoms with Crippen LogP contribution in [0.2, 0.25) is 0 Å². The Labute approximate surface area is 74.6 Å².